The molecule has 3 aromatic rings. The molecule has 2 aliphatic rings. The van der Waals surface area contributed by atoms with Gasteiger partial charge in [-0.25, -0.2) is 18.4 Å². The summed E-state index contributed by atoms with van der Waals surface area (Å²) in [6.45, 7) is 2.67. The number of aromatic nitrogens is 4. The first-order chi connectivity index (χ1) is 16.9. The smallest absolute Gasteiger partial charge is 0.314 e. The van der Waals surface area contributed by atoms with Crippen LogP contribution in [0.4, 0.5) is 5.82 Å². The molecular formula is C23H27N7O4S. The molecule has 0 amide bonds. The fourth-order valence-electron chi connectivity index (χ4n) is 5.05. The van der Waals surface area contributed by atoms with Crippen molar-refractivity contribution in [2.24, 2.45) is 5.41 Å². The van der Waals surface area contributed by atoms with Crippen molar-refractivity contribution in [3.8, 4) is 11.4 Å². The standard InChI is InChI=1S/C23H27N7O4S/c1-35(32,33)30(34-16-31)14-18-12-23(15-26-18)5-10-29(11-6-23)22-19-4-9-25-13-20(19)27-21(28-22)17-2-7-24-8-3-17/h2-4,7-9,13,16,18,26H,5-6,10-12,14-15H2,1H3. The van der Waals surface area contributed by atoms with Gasteiger partial charge >= 0.3 is 6.47 Å². The molecule has 12 heteroatoms. The minimum atomic E-state index is -3.64. The highest BCUT2D eigenvalue weighted by Gasteiger charge is 2.43. The number of hydrogen-bond donors (Lipinski definition) is 1. The first-order valence-corrected chi connectivity index (χ1v) is 13.3. The van der Waals surface area contributed by atoms with Crippen LogP contribution in [0.25, 0.3) is 22.3 Å². The van der Waals surface area contributed by atoms with Gasteiger partial charge in [0, 0.05) is 55.2 Å². The van der Waals surface area contributed by atoms with Gasteiger partial charge in [0.2, 0.25) is 10.0 Å². The molecule has 1 atom stereocenters. The lowest BCUT2D eigenvalue weighted by Crippen LogP contribution is -2.41. The summed E-state index contributed by atoms with van der Waals surface area (Å²) in [5.41, 5.74) is 1.75. The second kappa shape index (κ2) is 9.44. The number of hydrogen-bond acceptors (Lipinski definition) is 10. The van der Waals surface area contributed by atoms with Crippen molar-refractivity contribution in [2.45, 2.75) is 25.3 Å². The first-order valence-electron chi connectivity index (χ1n) is 11.5. The molecule has 1 N–H and O–H groups in total. The molecule has 1 unspecified atom stereocenters. The molecule has 184 valence electrons. The maximum atomic E-state index is 11.9. The number of hydroxylamine groups is 1. The quantitative estimate of drug-likeness (QED) is 0.377. The van der Waals surface area contributed by atoms with E-state index in [0.717, 1.165) is 71.9 Å². The zero-order chi connectivity index (χ0) is 24.5. The molecule has 2 aliphatic heterocycles. The van der Waals surface area contributed by atoms with Gasteiger partial charge in [0.1, 0.15) is 5.82 Å². The van der Waals surface area contributed by atoms with Gasteiger partial charge in [-0.3, -0.25) is 14.8 Å². The molecular weight excluding hydrogens is 470 g/mol. The van der Waals surface area contributed by atoms with E-state index in [9.17, 15) is 13.2 Å². The van der Waals surface area contributed by atoms with E-state index in [4.69, 9.17) is 14.8 Å². The molecule has 3 aromatic heterocycles. The van der Waals surface area contributed by atoms with Crippen LogP contribution in [0, 0.1) is 5.41 Å². The van der Waals surface area contributed by atoms with E-state index in [1.165, 1.54) is 0 Å². The Labute approximate surface area is 203 Å². The van der Waals surface area contributed by atoms with E-state index in [0.29, 0.717) is 5.82 Å². The minimum absolute atomic E-state index is 0.0594. The van der Waals surface area contributed by atoms with E-state index in [1.807, 2.05) is 18.2 Å². The van der Waals surface area contributed by atoms with Crippen LogP contribution >= 0.6 is 0 Å². The fraction of sp³-hybridized carbons (Fsp3) is 0.435. The molecule has 0 bridgehead atoms. The number of fused-ring (bicyclic) bond motifs is 1. The zero-order valence-corrected chi connectivity index (χ0v) is 20.2. The number of pyridine rings is 2. The predicted octanol–water partition coefficient (Wildman–Crippen LogP) is 1.38. The lowest BCUT2D eigenvalue weighted by molar-refractivity contribution is -0.152. The van der Waals surface area contributed by atoms with Crippen molar-refractivity contribution in [2.75, 3.05) is 37.3 Å². The summed E-state index contributed by atoms with van der Waals surface area (Å²) >= 11 is 0. The second-order valence-electron chi connectivity index (χ2n) is 9.22. The lowest BCUT2D eigenvalue weighted by Gasteiger charge is -2.40. The van der Waals surface area contributed by atoms with Gasteiger partial charge in [-0.2, -0.15) is 0 Å². The number of nitrogens with zero attached hydrogens (tertiary/aromatic N) is 6. The van der Waals surface area contributed by atoms with Gasteiger partial charge in [-0.05, 0) is 47.3 Å². The zero-order valence-electron chi connectivity index (χ0n) is 19.4. The second-order valence-corrected chi connectivity index (χ2v) is 11.1. The molecule has 5 rings (SSSR count). The van der Waals surface area contributed by atoms with Crippen molar-refractivity contribution in [3.63, 3.8) is 0 Å². The van der Waals surface area contributed by atoms with Crippen LogP contribution in [0.2, 0.25) is 0 Å². The van der Waals surface area contributed by atoms with Crippen molar-refractivity contribution in [3.05, 3.63) is 43.0 Å². The molecule has 1 spiro atoms. The average Bonchev–Trinajstić information content (AvgIpc) is 3.25. The van der Waals surface area contributed by atoms with Gasteiger partial charge in [0.25, 0.3) is 0 Å². The van der Waals surface area contributed by atoms with Crippen LogP contribution < -0.4 is 10.2 Å². The third kappa shape index (κ3) is 4.95. The summed E-state index contributed by atoms with van der Waals surface area (Å²) in [5, 5.41) is 4.40. The average molecular weight is 498 g/mol. The number of carbonyl (C=O) groups is 1. The highest BCUT2D eigenvalue weighted by Crippen LogP contribution is 2.41. The summed E-state index contributed by atoms with van der Waals surface area (Å²) in [5.74, 6) is 1.53. The van der Waals surface area contributed by atoms with Crippen LogP contribution in [0.15, 0.2) is 43.0 Å². The molecule has 5 heterocycles. The number of sulfonamides is 1. The summed E-state index contributed by atoms with van der Waals surface area (Å²) < 4.78 is 24.6. The van der Waals surface area contributed by atoms with Crippen molar-refractivity contribution >= 4 is 33.2 Å². The SMILES string of the molecule is CS(=O)(=O)N(CC1CC2(CCN(c3nc(-c4ccncc4)nc4cnccc34)CC2)CN1)OC=O. The van der Waals surface area contributed by atoms with Crippen LogP contribution in [-0.4, -0.2) is 77.8 Å². The Morgan fingerprint density at radius 2 is 1.91 bits per heavy atom. The third-order valence-electron chi connectivity index (χ3n) is 6.89. The highest BCUT2D eigenvalue weighted by atomic mass is 32.2. The Bertz CT molecular complexity index is 1310. The van der Waals surface area contributed by atoms with Crippen molar-refractivity contribution in [1.82, 2.24) is 29.7 Å². The van der Waals surface area contributed by atoms with Crippen LogP contribution in [0.1, 0.15) is 19.3 Å². The van der Waals surface area contributed by atoms with E-state index in [1.54, 1.807) is 24.8 Å². The molecule has 35 heavy (non-hydrogen) atoms. The van der Waals surface area contributed by atoms with Gasteiger partial charge in [-0.1, -0.05) is 0 Å². The molecule has 0 radical (unpaired) electrons. The van der Waals surface area contributed by atoms with Crippen LogP contribution in [0.3, 0.4) is 0 Å². The monoisotopic (exact) mass is 497 g/mol. The maximum absolute atomic E-state index is 11.9. The Hall–Kier alpha value is -3.22. The Morgan fingerprint density at radius 1 is 1.17 bits per heavy atom. The number of nitrogens with one attached hydrogen (secondary N) is 1. The normalized spacial score (nSPS) is 19.9. The highest BCUT2D eigenvalue weighted by molar-refractivity contribution is 7.88. The molecule has 0 aromatic carbocycles. The number of carbonyl (C=O) groups excluding carboxylic acids is 1. The summed E-state index contributed by atoms with van der Waals surface area (Å²) in [7, 11) is -3.64. The first kappa shape index (κ1) is 23.5. The predicted molar refractivity (Wildman–Crippen MR) is 130 cm³/mol. The van der Waals surface area contributed by atoms with E-state index < -0.39 is 10.0 Å². The van der Waals surface area contributed by atoms with Gasteiger partial charge in [0.05, 0.1) is 24.5 Å². The Kier molecular flexibility index (Phi) is 6.34. The minimum Gasteiger partial charge on any atom is -0.356 e. The molecule has 0 aliphatic carbocycles. The summed E-state index contributed by atoms with van der Waals surface area (Å²) in [6, 6.07) is 5.65. The number of piperidine rings is 1. The van der Waals surface area contributed by atoms with E-state index in [2.05, 4.69) is 20.2 Å². The molecule has 2 fully saturated rings. The van der Waals surface area contributed by atoms with Gasteiger partial charge in [-0.15, -0.1) is 0 Å². The number of rotatable bonds is 7. The van der Waals surface area contributed by atoms with E-state index >= 15 is 0 Å². The molecule has 11 nitrogen and oxygen atoms in total. The third-order valence-corrected chi connectivity index (χ3v) is 7.86. The van der Waals surface area contributed by atoms with Gasteiger partial charge in [0.15, 0.2) is 5.82 Å². The van der Waals surface area contributed by atoms with Crippen LogP contribution in [0.5, 0.6) is 0 Å². The summed E-state index contributed by atoms with van der Waals surface area (Å²) in [6.07, 6.45) is 10.7. The Balaban J connectivity index is 1.33. The summed E-state index contributed by atoms with van der Waals surface area (Å²) in [4.78, 5) is 35.7. The van der Waals surface area contributed by atoms with Crippen LogP contribution in [-0.2, 0) is 19.7 Å². The van der Waals surface area contributed by atoms with Crippen molar-refractivity contribution in [1.29, 1.82) is 0 Å². The lowest BCUT2D eigenvalue weighted by atomic mass is 9.76. The number of anilines is 1. The Morgan fingerprint density at radius 3 is 2.63 bits per heavy atom. The molecule has 2 saturated heterocycles. The van der Waals surface area contributed by atoms with E-state index in [-0.39, 0.29) is 24.5 Å². The van der Waals surface area contributed by atoms with Gasteiger partial charge < -0.3 is 15.1 Å². The maximum Gasteiger partial charge on any atom is 0.314 e. The largest absolute Gasteiger partial charge is 0.356 e. The van der Waals surface area contributed by atoms with Crippen molar-refractivity contribution < 1.29 is 18.0 Å². The fourth-order valence-corrected chi connectivity index (χ4v) is 5.69. The topological polar surface area (TPSA) is 131 Å². The molecule has 0 saturated carbocycles.